The zero-order chi connectivity index (χ0) is 22.7. The van der Waals surface area contributed by atoms with Crippen LogP contribution in [0.1, 0.15) is 17.7 Å². The maximum Gasteiger partial charge on any atom is 0.328 e. The molecule has 0 saturated heterocycles. The van der Waals surface area contributed by atoms with E-state index >= 15 is 0 Å². The maximum atomic E-state index is 12.9. The summed E-state index contributed by atoms with van der Waals surface area (Å²) in [6, 6.07) is 6.58. The predicted octanol–water partition coefficient (Wildman–Crippen LogP) is 1.49. The normalized spacial score (nSPS) is 13.8. The summed E-state index contributed by atoms with van der Waals surface area (Å²) in [7, 11) is -2.15. The van der Waals surface area contributed by atoms with Gasteiger partial charge in [0.25, 0.3) is 5.56 Å². The topological polar surface area (TPSA) is 118 Å². The monoisotopic (exact) mass is 473 g/mol. The molecule has 2 aromatic heterocycles. The second kappa shape index (κ2) is 9.39. The van der Waals surface area contributed by atoms with Gasteiger partial charge >= 0.3 is 5.69 Å². The summed E-state index contributed by atoms with van der Waals surface area (Å²) >= 11 is 1.67. The summed E-state index contributed by atoms with van der Waals surface area (Å²) in [5, 5.41) is 0. The molecule has 0 fully saturated rings. The van der Waals surface area contributed by atoms with Gasteiger partial charge in [-0.2, -0.15) is 11.8 Å². The van der Waals surface area contributed by atoms with Crippen molar-refractivity contribution in [2.24, 2.45) is 0 Å². The third-order valence-electron chi connectivity index (χ3n) is 5.45. The Morgan fingerprint density at radius 3 is 2.56 bits per heavy atom. The Morgan fingerprint density at radius 2 is 1.84 bits per heavy atom. The van der Waals surface area contributed by atoms with E-state index in [0.29, 0.717) is 30.7 Å². The number of aromatic nitrogens is 4. The lowest BCUT2D eigenvalue weighted by molar-refractivity contribution is 0.439. The van der Waals surface area contributed by atoms with Crippen LogP contribution in [0.5, 0.6) is 0 Å². The van der Waals surface area contributed by atoms with Crippen LogP contribution in [0.3, 0.4) is 0 Å². The molecular weight excluding hydrogens is 450 g/mol. The number of nitrogens with zero attached hydrogens (tertiary/aromatic N) is 4. The van der Waals surface area contributed by atoms with Crippen molar-refractivity contribution in [3.63, 3.8) is 0 Å². The minimum absolute atomic E-state index is 0.191. The third-order valence-corrected chi connectivity index (χ3v) is 8.31. The molecule has 4 rings (SSSR count). The molecule has 0 radical (unpaired) electrons. The smallest absolute Gasteiger partial charge is 0.297 e. The fraction of sp³-hybridized carbons (Fsp3) is 0.333. The molecule has 9 nitrogen and oxygen atoms in total. The van der Waals surface area contributed by atoms with Crippen molar-refractivity contribution >= 4 is 21.8 Å². The fourth-order valence-electron chi connectivity index (χ4n) is 3.69. The molecule has 0 unspecified atom stereocenters. The van der Waals surface area contributed by atoms with Crippen molar-refractivity contribution in [1.29, 1.82) is 0 Å². The van der Waals surface area contributed by atoms with Gasteiger partial charge in [-0.15, -0.1) is 0 Å². The lowest BCUT2D eigenvalue weighted by Gasteiger charge is -2.21. The van der Waals surface area contributed by atoms with Gasteiger partial charge in [-0.1, -0.05) is 12.1 Å². The molecule has 1 aliphatic rings. The SMILES string of the molecule is CN(CCCn1c2c(c(=O)[nH]c1=O)CSCC2)S(=O)(=O)c1ccc(-c2cncnc2)cc1. The molecular formula is C21H23N5O4S2. The number of fused-ring (bicyclic) bond motifs is 1. The Labute approximate surface area is 189 Å². The fourth-order valence-corrected chi connectivity index (χ4v) is 5.88. The first kappa shape index (κ1) is 22.4. The minimum Gasteiger partial charge on any atom is -0.297 e. The van der Waals surface area contributed by atoms with Crippen LogP contribution in [-0.4, -0.2) is 51.6 Å². The average molecular weight is 474 g/mol. The number of nitrogens with one attached hydrogen (secondary N) is 1. The number of sulfonamides is 1. The molecule has 3 aromatic rings. The predicted molar refractivity (Wildman–Crippen MR) is 123 cm³/mol. The van der Waals surface area contributed by atoms with E-state index in [9.17, 15) is 18.0 Å². The third kappa shape index (κ3) is 4.54. The molecule has 32 heavy (non-hydrogen) atoms. The highest BCUT2D eigenvalue weighted by molar-refractivity contribution is 7.98. The van der Waals surface area contributed by atoms with Gasteiger partial charge < -0.3 is 0 Å². The van der Waals surface area contributed by atoms with Crippen molar-refractivity contribution in [1.82, 2.24) is 23.8 Å². The molecule has 0 spiro atoms. The van der Waals surface area contributed by atoms with Gasteiger partial charge in [-0.05, 0) is 36.3 Å². The lowest BCUT2D eigenvalue weighted by Crippen LogP contribution is -2.37. The average Bonchev–Trinajstić information content (AvgIpc) is 2.81. The van der Waals surface area contributed by atoms with E-state index in [1.165, 1.54) is 17.7 Å². The molecule has 0 bridgehead atoms. The molecule has 0 aliphatic carbocycles. The highest BCUT2D eigenvalue weighted by atomic mass is 32.2. The van der Waals surface area contributed by atoms with Gasteiger partial charge in [-0.3, -0.25) is 14.3 Å². The number of aromatic amines is 1. The van der Waals surface area contributed by atoms with Crippen molar-refractivity contribution < 1.29 is 8.42 Å². The summed E-state index contributed by atoms with van der Waals surface area (Å²) in [6.07, 6.45) is 5.87. The van der Waals surface area contributed by atoms with Crippen LogP contribution in [0, 0.1) is 0 Å². The first-order valence-electron chi connectivity index (χ1n) is 10.1. The summed E-state index contributed by atoms with van der Waals surface area (Å²) < 4.78 is 28.8. The van der Waals surface area contributed by atoms with Gasteiger partial charge in [0.15, 0.2) is 0 Å². The van der Waals surface area contributed by atoms with E-state index in [2.05, 4.69) is 15.0 Å². The Bertz CT molecular complexity index is 1320. The van der Waals surface area contributed by atoms with E-state index in [1.54, 1.807) is 53.0 Å². The molecule has 1 N–H and O–H groups in total. The molecule has 3 heterocycles. The first-order valence-corrected chi connectivity index (χ1v) is 12.7. The zero-order valence-electron chi connectivity index (χ0n) is 17.5. The summed E-state index contributed by atoms with van der Waals surface area (Å²) in [4.78, 5) is 34.9. The van der Waals surface area contributed by atoms with E-state index in [1.807, 2.05) is 0 Å². The van der Waals surface area contributed by atoms with E-state index in [0.717, 1.165) is 22.6 Å². The lowest BCUT2D eigenvalue weighted by atomic mass is 10.1. The quantitative estimate of drug-likeness (QED) is 0.552. The Hall–Kier alpha value is -2.76. The van der Waals surface area contributed by atoms with Crippen LogP contribution in [0.2, 0.25) is 0 Å². The highest BCUT2D eigenvalue weighted by Crippen LogP contribution is 2.22. The van der Waals surface area contributed by atoms with Gasteiger partial charge in [0.1, 0.15) is 6.33 Å². The maximum absolute atomic E-state index is 12.9. The van der Waals surface area contributed by atoms with Crippen LogP contribution in [0.4, 0.5) is 0 Å². The van der Waals surface area contributed by atoms with Crippen LogP contribution in [-0.2, 0) is 28.7 Å². The van der Waals surface area contributed by atoms with Crippen LogP contribution < -0.4 is 11.2 Å². The molecule has 1 aliphatic heterocycles. The summed E-state index contributed by atoms with van der Waals surface area (Å²) in [6.45, 7) is 0.584. The Balaban J connectivity index is 1.45. The molecule has 0 amide bonds. The number of hydrogen-bond acceptors (Lipinski definition) is 7. The molecule has 0 saturated carbocycles. The van der Waals surface area contributed by atoms with Gasteiger partial charge in [0.2, 0.25) is 10.0 Å². The van der Waals surface area contributed by atoms with Gasteiger partial charge in [0, 0.05) is 55.1 Å². The van der Waals surface area contributed by atoms with E-state index < -0.39 is 15.7 Å². The second-order valence-corrected chi connectivity index (χ2v) is 10.6. The largest absolute Gasteiger partial charge is 0.328 e. The van der Waals surface area contributed by atoms with Gasteiger partial charge in [0.05, 0.1) is 4.90 Å². The summed E-state index contributed by atoms with van der Waals surface area (Å²) in [5.41, 5.74) is 2.28. The first-order chi connectivity index (χ1) is 15.4. The molecule has 11 heteroatoms. The summed E-state index contributed by atoms with van der Waals surface area (Å²) in [5.74, 6) is 1.44. The van der Waals surface area contributed by atoms with Crippen LogP contribution in [0.15, 0.2) is 57.5 Å². The van der Waals surface area contributed by atoms with Crippen molar-refractivity contribution in [2.45, 2.75) is 30.0 Å². The van der Waals surface area contributed by atoms with Crippen LogP contribution >= 0.6 is 11.8 Å². The number of rotatable bonds is 7. The zero-order valence-corrected chi connectivity index (χ0v) is 19.2. The Kier molecular flexibility index (Phi) is 6.58. The number of benzene rings is 1. The highest BCUT2D eigenvalue weighted by Gasteiger charge is 2.22. The van der Waals surface area contributed by atoms with Crippen molar-refractivity contribution in [3.8, 4) is 11.1 Å². The van der Waals surface area contributed by atoms with Crippen molar-refractivity contribution in [2.75, 3.05) is 19.3 Å². The Morgan fingerprint density at radius 1 is 1.12 bits per heavy atom. The minimum atomic E-state index is -3.67. The second-order valence-electron chi connectivity index (χ2n) is 7.47. The molecule has 168 valence electrons. The molecule has 0 atom stereocenters. The van der Waals surface area contributed by atoms with Gasteiger partial charge in [-0.25, -0.2) is 27.5 Å². The standard InChI is InChI=1S/C21H23N5O4S2/c1-25(8-2-9-26-19-7-10-31-13-18(19)20(27)24-21(26)28)32(29,30)17-5-3-15(4-6-17)16-11-22-14-23-12-16/h3-6,11-12,14H,2,7-10,13H2,1H3,(H,24,27,28). The number of hydrogen-bond donors (Lipinski definition) is 1. The van der Waals surface area contributed by atoms with E-state index in [-0.39, 0.29) is 17.0 Å². The van der Waals surface area contributed by atoms with Crippen molar-refractivity contribution in [3.05, 3.63) is 75.1 Å². The van der Waals surface area contributed by atoms with Crippen LogP contribution in [0.25, 0.3) is 11.1 Å². The number of H-pyrrole nitrogens is 1. The number of thioether (sulfide) groups is 1. The molecule has 1 aromatic carbocycles. The van der Waals surface area contributed by atoms with E-state index in [4.69, 9.17) is 0 Å².